The largest absolute Gasteiger partial charge is 0.490 e. The van der Waals surface area contributed by atoms with Gasteiger partial charge in [0.05, 0.1) is 11.6 Å². The highest BCUT2D eigenvalue weighted by molar-refractivity contribution is 5.86. The fraction of sp³-hybridized carbons (Fsp3) is 0.467. The Bertz CT molecular complexity index is 516. The molecule has 1 unspecified atom stereocenters. The highest BCUT2D eigenvalue weighted by atomic mass is 16.5. The lowest BCUT2D eigenvalue weighted by Crippen LogP contribution is -2.16. The van der Waals surface area contributed by atoms with E-state index in [9.17, 15) is 0 Å². The molecule has 0 saturated heterocycles. The molecule has 2 aromatic rings. The van der Waals surface area contributed by atoms with Gasteiger partial charge in [-0.2, -0.15) is 0 Å². The molecule has 0 spiro atoms. The van der Waals surface area contributed by atoms with Gasteiger partial charge >= 0.3 is 0 Å². The summed E-state index contributed by atoms with van der Waals surface area (Å²) in [6.07, 6.45) is 2.31. The second-order valence-electron chi connectivity index (χ2n) is 5.16. The van der Waals surface area contributed by atoms with Crippen molar-refractivity contribution >= 4 is 10.9 Å². The number of ether oxygens (including phenoxy) is 1. The maximum absolute atomic E-state index is 5.83. The Kier molecular flexibility index (Phi) is 3.92. The van der Waals surface area contributed by atoms with Gasteiger partial charge in [0, 0.05) is 18.1 Å². The summed E-state index contributed by atoms with van der Waals surface area (Å²) >= 11 is 0. The van der Waals surface area contributed by atoms with E-state index in [1.54, 1.807) is 0 Å². The van der Waals surface area contributed by atoms with Crippen LogP contribution in [-0.4, -0.2) is 17.2 Å². The molecule has 1 aromatic carbocycles. The lowest BCUT2D eigenvalue weighted by Gasteiger charge is -2.13. The molecule has 1 aromatic heterocycles. The van der Waals surface area contributed by atoms with E-state index in [1.165, 1.54) is 10.9 Å². The van der Waals surface area contributed by atoms with E-state index in [-0.39, 0.29) is 6.10 Å². The topological polar surface area (TPSA) is 40.2 Å². The standard InChI is InChI=1S/C15H22N2O/c1-11(2)18-15-6-4-5-14-13(15)7-8-17(14)10-12(3)9-16/h4-8,11-12H,9-10,16H2,1-3H3. The van der Waals surface area contributed by atoms with E-state index in [1.807, 2.05) is 26.0 Å². The minimum atomic E-state index is 0.196. The minimum Gasteiger partial charge on any atom is -0.490 e. The summed E-state index contributed by atoms with van der Waals surface area (Å²) in [5.74, 6) is 1.44. The Balaban J connectivity index is 2.35. The van der Waals surface area contributed by atoms with E-state index < -0.39 is 0 Å². The van der Waals surface area contributed by atoms with E-state index in [2.05, 4.69) is 29.8 Å². The van der Waals surface area contributed by atoms with Crippen molar-refractivity contribution in [3.05, 3.63) is 30.5 Å². The molecule has 0 fully saturated rings. The maximum Gasteiger partial charge on any atom is 0.129 e. The van der Waals surface area contributed by atoms with Crippen LogP contribution < -0.4 is 10.5 Å². The monoisotopic (exact) mass is 246 g/mol. The highest BCUT2D eigenvalue weighted by Gasteiger charge is 2.09. The quantitative estimate of drug-likeness (QED) is 0.881. The first-order valence-electron chi connectivity index (χ1n) is 6.56. The number of nitrogens with two attached hydrogens (primary N) is 1. The number of fused-ring (bicyclic) bond motifs is 1. The second kappa shape index (κ2) is 5.44. The Morgan fingerprint density at radius 3 is 2.67 bits per heavy atom. The molecule has 1 heterocycles. The van der Waals surface area contributed by atoms with Crippen LogP contribution in [0.5, 0.6) is 5.75 Å². The van der Waals surface area contributed by atoms with Crippen molar-refractivity contribution in [1.29, 1.82) is 0 Å². The molecule has 2 N–H and O–H groups in total. The van der Waals surface area contributed by atoms with Gasteiger partial charge in [-0.15, -0.1) is 0 Å². The number of rotatable bonds is 5. The van der Waals surface area contributed by atoms with Gasteiger partial charge in [-0.25, -0.2) is 0 Å². The molecule has 3 nitrogen and oxygen atoms in total. The molecule has 98 valence electrons. The van der Waals surface area contributed by atoms with Crippen LogP contribution in [0.15, 0.2) is 30.5 Å². The average molecular weight is 246 g/mol. The van der Waals surface area contributed by atoms with E-state index in [0.717, 1.165) is 12.3 Å². The summed E-state index contributed by atoms with van der Waals surface area (Å²) in [6, 6.07) is 8.32. The maximum atomic E-state index is 5.83. The molecule has 18 heavy (non-hydrogen) atoms. The summed E-state index contributed by atoms with van der Waals surface area (Å²) in [5.41, 5.74) is 6.91. The van der Waals surface area contributed by atoms with Crippen molar-refractivity contribution in [1.82, 2.24) is 4.57 Å². The van der Waals surface area contributed by atoms with E-state index in [0.29, 0.717) is 12.5 Å². The zero-order valence-corrected chi connectivity index (χ0v) is 11.4. The van der Waals surface area contributed by atoms with Gasteiger partial charge in [0.2, 0.25) is 0 Å². The predicted molar refractivity (Wildman–Crippen MR) is 75.9 cm³/mol. The third kappa shape index (κ3) is 2.67. The minimum absolute atomic E-state index is 0.196. The van der Waals surface area contributed by atoms with Crippen LogP contribution in [-0.2, 0) is 6.54 Å². The molecular weight excluding hydrogens is 224 g/mol. The van der Waals surface area contributed by atoms with E-state index >= 15 is 0 Å². The van der Waals surface area contributed by atoms with Gasteiger partial charge in [0.1, 0.15) is 5.75 Å². The summed E-state index contributed by atoms with van der Waals surface area (Å²) in [4.78, 5) is 0. The number of benzene rings is 1. The highest BCUT2D eigenvalue weighted by Crippen LogP contribution is 2.27. The molecular formula is C15H22N2O. The lowest BCUT2D eigenvalue weighted by molar-refractivity contribution is 0.245. The first kappa shape index (κ1) is 13.0. The molecule has 0 radical (unpaired) electrons. The normalized spacial score (nSPS) is 13.2. The van der Waals surface area contributed by atoms with Crippen LogP contribution in [0.2, 0.25) is 0 Å². The van der Waals surface area contributed by atoms with Crippen molar-refractivity contribution in [3.8, 4) is 5.75 Å². The third-order valence-corrected chi connectivity index (χ3v) is 3.05. The first-order chi connectivity index (χ1) is 8.61. The number of aromatic nitrogens is 1. The molecule has 2 rings (SSSR count). The van der Waals surface area contributed by atoms with Crippen LogP contribution in [0, 0.1) is 5.92 Å². The first-order valence-corrected chi connectivity index (χ1v) is 6.56. The van der Waals surface area contributed by atoms with Crippen LogP contribution in [0.25, 0.3) is 10.9 Å². The molecule has 0 aliphatic heterocycles. The summed E-state index contributed by atoms with van der Waals surface area (Å²) in [7, 11) is 0. The summed E-state index contributed by atoms with van der Waals surface area (Å²) in [5, 5.41) is 1.18. The average Bonchev–Trinajstić information content (AvgIpc) is 2.73. The van der Waals surface area contributed by atoms with Crippen LogP contribution in [0.3, 0.4) is 0 Å². The van der Waals surface area contributed by atoms with Crippen molar-refractivity contribution < 1.29 is 4.74 Å². The van der Waals surface area contributed by atoms with Gasteiger partial charge in [0.25, 0.3) is 0 Å². The van der Waals surface area contributed by atoms with Gasteiger partial charge in [-0.3, -0.25) is 0 Å². The van der Waals surface area contributed by atoms with Gasteiger partial charge in [-0.05, 0) is 44.5 Å². The van der Waals surface area contributed by atoms with E-state index in [4.69, 9.17) is 10.5 Å². The number of hydrogen-bond acceptors (Lipinski definition) is 2. The molecule has 0 aliphatic carbocycles. The Labute approximate surface area is 109 Å². The Morgan fingerprint density at radius 1 is 1.22 bits per heavy atom. The van der Waals surface area contributed by atoms with Gasteiger partial charge < -0.3 is 15.0 Å². The fourth-order valence-corrected chi connectivity index (χ4v) is 2.12. The van der Waals surface area contributed by atoms with Crippen LogP contribution in [0.1, 0.15) is 20.8 Å². The zero-order chi connectivity index (χ0) is 13.1. The van der Waals surface area contributed by atoms with Crippen molar-refractivity contribution in [3.63, 3.8) is 0 Å². The van der Waals surface area contributed by atoms with Crippen molar-refractivity contribution in [2.45, 2.75) is 33.4 Å². The molecule has 3 heteroatoms. The Hall–Kier alpha value is -1.48. The molecule has 1 atom stereocenters. The van der Waals surface area contributed by atoms with Crippen molar-refractivity contribution in [2.24, 2.45) is 11.7 Å². The second-order valence-corrected chi connectivity index (χ2v) is 5.16. The van der Waals surface area contributed by atoms with Crippen LogP contribution >= 0.6 is 0 Å². The van der Waals surface area contributed by atoms with Gasteiger partial charge in [0.15, 0.2) is 0 Å². The SMILES string of the molecule is CC(CN)Cn1ccc2c(OC(C)C)cccc21. The molecule has 0 aliphatic rings. The fourth-order valence-electron chi connectivity index (χ4n) is 2.12. The molecule has 0 bridgehead atoms. The summed E-state index contributed by atoms with van der Waals surface area (Å²) < 4.78 is 8.08. The molecule has 0 amide bonds. The molecule has 0 saturated carbocycles. The zero-order valence-electron chi connectivity index (χ0n) is 11.4. The predicted octanol–water partition coefficient (Wildman–Crippen LogP) is 3.02. The summed E-state index contributed by atoms with van der Waals surface area (Å²) in [6.45, 7) is 7.92. The van der Waals surface area contributed by atoms with Crippen molar-refractivity contribution in [2.75, 3.05) is 6.54 Å². The smallest absolute Gasteiger partial charge is 0.129 e. The number of hydrogen-bond donors (Lipinski definition) is 1. The van der Waals surface area contributed by atoms with Gasteiger partial charge in [-0.1, -0.05) is 13.0 Å². The lowest BCUT2D eigenvalue weighted by atomic mass is 10.2. The Morgan fingerprint density at radius 2 is 2.00 bits per heavy atom. The third-order valence-electron chi connectivity index (χ3n) is 3.05. The van der Waals surface area contributed by atoms with Crippen LogP contribution in [0.4, 0.5) is 0 Å². The number of nitrogens with zero attached hydrogens (tertiary/aromatic N) is 1.